The summed E-state index contributed by atoms with van der Waals surface area (Å²) in [6.45, 7) is 5.60. The Hall–Kier alpha value is -4.99. The number of rotatable bonds is 9. The number of carboxylic acids is 1. The molecule has 1 atom stereocenters. The fourth-order valence-corrected chi connectivity index (χ4v) is 4.01. The van der Waals surface area contributed by atoms with Gasteiger partial charge in [-0.1, -0.05) is 45.0 Å². The molecule has 0 bridgehead atoms. The lowest BCUT2D eigenvalue weighted by atomic mass is 9.84. The van der Waals surface area contributed by atoms with Crippen LogP contribution in [0, 0.1) is 10.8 Å². The fourth-order valence-electron chi connectivity index (χ4n) is 4.01. The van der Waals surface area contributed by atoms with Crippen LogP contribution in [0.3, 0.4) is 0 Å². The first kappa shape index (κ1) is 29.6. The van der Waals surface area contributed by atoms with Gasteiger partial charge in [-0.15, -0.1) is 0 Å². The Kier molecular flexibility index (Phi) is 9.05. The van der Waals surface area contributed by atoms with Gasteiger partial charge < -0.3 is 26.2 Å². The third-order valence-electron chi connectivity index (χ3n) is 6.38. The maximum Gasteiger partial charge on any atom is 0.336 e. The lowest BCUT2D eigenvalue weighted by molar-refractivity contribution is -0.141. The van der Waals surface area contributed by atoms with Crippen molar-refractivity contribution < 1.29 is 29.0 Å². The second-order valence-electron chi connectivity index (χ2n) is 10.2. The highest BCUT2D eigenvalue weighted by molar-refractivity contribution is 6.11. The highest BCUT2D eigenvalue weighted by atomic mass is 16.5. The molecular formula is C30H32N4O6. The number of ether oxygens (including phenoxy) is 1. The number of nitrogens with one attached hydrogen (secondary N) is 3. The van der Waals surface area contributed by atoms with E-state index < -0.39 is 35.2 Å². The SMILES string of the molecule is COC(=O)C[C@@H](NC(=O)c1ccc(-c2ccccc2C(=O)Nc2ccc(C(=N)N)cc2)c(C(=O)O)c1)C(C)(C)C. The van der Waals surface area contributed by atoms with Gasteiger partial charge in [0.2, 0.25) is 0 Å². The summed E-state index contributed by atoms with van der Waals surface area (Å²) in [7, 11) is 1.27. The highest BCUT2D eigenvalue weighted by Gasteiger charge is 2.30. The number of anilines is 1. The molecule has 0 aliphatic heterocycles. The molecule has 0 spiro atoms. The number of methoxy groups -OCH3 is 1. The monoisotopic (exact) mass is 544 g/mol. The zero-order chi connectivity index (χ0) is 29.6. The number of benzene rings is 3. The van der Waals surface area contributed by atoms with Gasteiger partial charge in [-0.25, -0.2) is 4.79 Å². The van der Waals surface area contributed by atoms with E-state index in [4.69, 9.17) is 15.9 Å². The Bertz CT molecular complexity index is 1460. The average Bonchev–Trinajstić information content (AvgIpc) is 2.91. The minimum atomic E-state index is -1.28. The number of hydrogen-bond acceptors (Lipinski definition) is 6. The molecule has 3 rings (SSSR count). The third-order valence-corrected chi connectivity index (χ3v) is 6.38. The second-order valence-corrected chi connectivity index (χ2v) is 10.2. The molecule has 0 aliphatic rings. The minimum absolute atomic E-state index is 0.0461. The lowest BCUT2D eigenvalue weighted by Crippen LogP contribution is -2.45. The molecule has 6 N–H and O–H groups in total. The van der Waals surface area contributed by atoms with Gasteiger partial charge in [0.25, 0.3) is 11.8 Å². The Morgan fingerprint density at radius 1 is 0.900 bits per heavy atom. The normalized spacial score (nSPS) is 11.7. The number of hydrogen-bond donors (Lipinski definition) is 5. The fraction of sp³-hybridized carbons (Fsp3) is 0.233. The molecule has 3 aromatic carbocycles. The lowest BCUT2D eigenvalue weighted by Gasteiger charge is -2.30. The standard InChI is InChI=1S/C30H32N4O6/c1-30(2,3)24(16-25(35)40-4)34-27(36)18-11-14-21(23(15-18)29(38)39)20-7-5-6-8-22(20)28(37)33-19-12-9-17(10-13-19)26(31)32/h5-15,24H,16H2,1-4H3,(H3,31,32)(H,33,37)(H,34,36)(H,38,39)/t24-/m1/s1. The molecule has 0 aromatic heterocycles. The number of carbonyl (C=O) groups is 4. The first-order chi connectivity index (χ1) is 18.8. The summed E-state index contributed by atoms with van der Waals surface area (Å²) in [5.41, 5.74) is 6.75. The molecule has 10 heteroatoms. The molecule has 10 nitrogen and oxygen atoms in total. The van der Waals surface area contributed by atoms with E-state index in [1.54, 1.807) is 48.5 Å². The Balaban J connectivity index is 1.94. The van der Waals surface area contributed by atoms with Gasteiger partial charge in [0.1, 0.15) is 5.84 Å². The van der Waals surface area contributed by atoms with Crippen molar-refractivity contribution >= 4 is 35.3 Å². The van der Waals surface area contributed by atoms with E-state index in [-0.39, 0.29) is 34.5 Å². The van der Waals surface area contributed by atoms with Crippen LogP contribution < -0.4 is 16.4 Å². The van der Waals surface area contributed by atoms with Crippen LogP contribution >= 0.6 is 0 Å². The van der Waals surface area contributed by atoms with Crippen molar-refractivity contribution in [1.82, 2.24) is 5.32 Å². The molecule has 0 saturated heterocycles. The third kappa shape index (κ3) is 7.10. The number of esters is 1. The number of nitrogens with two attached hydrogens (primary N) is 1. The molecular weight excluding hydrogens is 512 g/mol. The van der Waals surface area contributed by atoms with Gasteiger partial charge in [-0.3, -0.25) is 19.8 Å². The maximum absolute atomic E-state index is 13.2. The maximum atomic E-state index is 13.2. The number of nitrogen functional groups attached to an aromatic ring is 1. The van der Waals surface area contributed by atoms with E-state index in [1.807, 2.05) is 20.8 Å². The van der Waals surface area contributed by atoms with Crippen LogP contribution in [0.2, 0.25) is 0 Å². The van der Waals surface area contributed by atoms with Gasteiger partial charge >= 0.3 is 11.9 Å². The topological polar surface area (TPSA) is 172 Å². The van der Waals surface area contributed by atoms with E-state index in [0.29, 0.717) is 16.8 Å². The van der Waals surface area contributed by atoms with Crippen LogP contribution in [0.4, 0.5) is 5.69 Å². The van der Waals surface area contributed by atoms with Crippen LogP contribution in [0.25, 0.3) is 11.1 Å². The van der Waals surface area contributed by atoms with E-state index in [2.05, 4.69) is 10.6 Å². The molecule has 2 amide bonds. The summed E-state index contributed by atoms with van der Waals surface area (Å²) in [6.07, 6.45) is -0.0461. The minimum Gasteiger partial charge on any atom is -0.478 e. The van der Waals surface area contributed by atoms with Crippen LogP contribution in [0.5, 0.6) is 0 Å². The molecule has 0 unspecified atom stereocenters. The molecule has 0 radical (unpaired) electrons. The molecule has 0 fully saturated rings. The summed E-state index contributed by atoms with van der Waals surface area (Å²) in [5, 5.41) is 23.1. The summed E-state index contributed by atoms with van der Waals surface area (Å²) >= 11 is 0. The number of amides is 2. The second kappa shape index (κ2) is 12.2. The zero-order valence-corrected chi connectivity index (χ0v) is 22.7. The summed E-state index contributed by atoms with van der Waals surface area (Å²) in [4.78, 5) is 50.4. The van der Waals surface area contributed by atoms with Crippen molar-refractivity contribution in [2.75, 3.05) is 12.4 Å². The largest absolute Gasteiger partial charge is 0.478 e. The van der Waals surface area contributed by atoms with Gasteiger partial charge in [-0.05, 0) is 59.0 Å². The number of carbonyl (C=O) groups excluding carboxylic acids is 3. The number of amidine groups is 1. The van der Waals surface area contributed by atoms with Crippen LogP contribution in [-0.4, -0.2) is 47.8 Å². The van der Waals surface area contributed by atoms with Gasteiger partial charge in [0.15, 0.2) is 0 Å². The Labute approximate surface area is 232 Å². The number of aromatic carboxylic acids is 1. The van der Waals surface area contributed by atoms with Crippen LogP contribution in [-0.2, 0) is 9.53 Å². The zero-order valence-electron chi connectivity index (χ0n) is 22.7. The van der Waals surface area contributed by atoms with E-state index >= 15 is 0 Å². The van der Waals surface area contributed by atoms with Crippen LogP contribution in [0.1, 0.15) is 63.8 Å². The van der Waals surface area contributed by atoms with Crippen molar-refractivity contribution in [3.8, 4) is 11.1 Å². The van der Waals surface area contributed by atoms with Crippen molar-refractivity contribution in [2.24, 2.45) is 11.1 Å². The smallest absolute Gasteiger partial charge is 0.336 e. The Morgan fingerprint density at radius 3 is 2.08 bits per heavy atom. The molecule has 208 valence electrons. The van der Waals surface area contributed by atoms with Crippen molar-refractivity contribution in [1.29, 1.82) is 5.41 Å². The molecule has 3 aromatic rings. The predicted octanol–water partition coefficient (Wildman–Crippen LogP) is 4.30. The quantitative estimate of drug-likeness (QED) is 0.152. The Morgan fingerprint density at radius 2 is 1.50 bits per heavy atom. The summed E-state index contributed by atoms with van der Waals surface area (Å²) in [5.74, 6) is -2.87. The van der Waals surface area contributed by atoms with E-state index in [9.17, 15) is 24.3 Å². The molecule has 0 aliphatic carbocycles. The van der Waals surface area contributed by atoms with Crippen molar-refractivity contribution in [2.45, 2.75) is 33.2 Å². The average molecular weight is 545 g/mol. The van der Waals surface area contributed by atoms with E-state index in [0.717, 1.165) is 0 Å². The molecule has 0 saturated carbocycles. The first-order valence-corrected chi connectivity index (χ1v) is 12.4. The van der Waals surface area contributed by atoms with Gasteiger partial charge in [-0.2, -0.15) is 0 Å². The van der Waals surface area contributed by atoms with Gasteiger partial charge in [0, 0.05) is 28.4 Å². The first-order valence-electron chi connectivity index (χ1n) is 12.4. The van der Waals surface area contributed by atoms with Crippen LogP contribution in [0.15, 0.2) is 66.7 Å². The summed E-state index contributed by atoms with van der Waals surface area (Å²) in [6, 6.07) is 16.6. The van der Waals surface area contributed by atoms with Crippen molar-refractivity contribution in [3.05, 3.63) is 89.0 Å². The van der Waals surface area contributed by atoms with Crippen molar-refractivity contribution in [3.63, 3.8) is 0 Å². The predicted molar refractivity (Wildman–Crippen MR) is 152 cm³/mol. The highest BCUT2D eigenvalue weighted by Crippen LogP contribution is 2.30. The summed E-state index contributed by atoms with van der Waals surface area (Å²) < 4.78 is 4.75. The van der Waals surface area contributed by atoms with Gasteiger partial charge in [0.05, 0.1) is 19.1 Å². The molecule has 40 heavy (non-hydrogen) atoms. The molecule has 0 heterocycles. The number of carboxylic acid groups (broad SMARTS) is 1. The van der Waals surface area contributed by atoms with E-state index in [1.165, 1.54) is 25.3 Å².